The van der Waals surface area contributed by atoms with E-state index in [0.29, 0.717) is 6.61 Å². The molecule has 100 valence electrons. The molecule has 0 aliphatic heterocycles. The van der Waals surface area contributed by atoms with Crippen LogP contribution in [0.15, 0.2) is 28.5 Å². The van der Waals surface area contributed by atoms with Gasteiger partial charge in [0.15, 0.2) is 0 Å². The molecule has 1 aromatic rings. The summed E-state index contributed by atoms with van der Waals surface area (Å²) >= 11 is 0. The van der Waals surface area contributed by atoms with Crippen molar-refractivity contribution >= 4 is 0 Å². The zero-order valence-electron chi connectivity index (χ0n) is 12.4. The first kappa shape index (κ1) is 14.6. The molecule has 18 heavy (non-hydrogen) atoms. The van der Waals surface area contributed by atoms with E-state index in [4.69, 9.17) is 4.74 Å². The van der Waals surface area contributed by atoms with Gasteiger partial charge in [-0.2, -0.15) is 0 Å². The zero-order valence-corrected chi connectivity index (χ0v) is 12.4. The third kappa shape index (κ3) is 3.49. The van der Waals surface area contributed by atoms with Gasteiger partial charge >= 0.3 is 0 Å². The minimum atomic E-state index is 0.677. The summed E-state index contributed by atoms with van der Waals surface area (Å²) in [4.78, 5) is 4.68. The van der Waals surface area contributed by atoms with Gasteiger partial charge in [0.05, 0.1) is 6.61 Å². The van der Waals surface area contributed by atoms with Crippen LogP contribution in [-0.2, 0) is 7.05 Å². The number of ether oxygens (including phenoxy) is 1. The first-order valence-electron chi connectivity index (χ1n) is 6.50. The molecular weight excluding hydrogens is 224 g/mol. The average Bonchev–Trinajstić information content (AvgIpc) is 2.34. The van der Waals surface area contributed by atoms with E-state index in [0.717, 1.165) is 28.9 Å². The minimum absolute atomic E-state index is 0.677. The summed E-state index contributed by atoms with van der Waals surface area (Å²) in [5, 5.41) is 0. The Bertz CT molecular complexity index is 510. The molecule has 0 bridgehead atoms. The summed E-state index contributed by atoms with van der Waals surface area (Å²) in [5.41, 5.74) is 4.45. The molecule has 0 N–H and O–H groups in total. The molecule has 0 spiro atoms. The van der Waals surface area contributed by atoms with E-state index in [-0.39, 0.29) is 0 Å². The van der Waals surface area contributed by atoms with Crippen molar-refractivity contribution in [2.45, 2.75) is 41.0 Å². The third-order valence-electron chi connectivity index (χ3n) is 3.13. The van der Waals surface area contributed by atoms with Crippen LogP contribution < -0.4 is 10.2 Å². The van der Waals surface area contributed by atoms with Gasteiger partial charge in [-0.1, -0.05) is 12.5 Å². The molecule has 1 rings (SSSR count). The topological polar surface area (TPSA) is 26.5 Å². The van der Waals surface area contributed by atoms with Crippen LogP contribution in [0.3, 0.4) is 0 Å². The van der Waals surface area contributed by atoms with Crippen molar-refractivity contribution < 1.29 is 4.74 Å². The van der Waals surface area contributed by atoms with E-state index in [9.17, 15) is 0 Å². The van der Waals surface area contributed by atoms with Gasteiger partial charge < -0.3 is 9.30 Å². The third-order valence-corrected chi connectivity index (χ3v) is 3.13. The number of allylic oxidation sites excluding steroid dienone is 2. The molecule has 1 aromatic heterocycles. The van der Waals surface area contributed by atoms with Crippen molar-refractivity contribution in [1.82, 2.24) is 4.57 Å². The van der Waals surface area contributed by atoms with Crippen molar-refractivity contribution in [1.29, 1.82) is 0 Å². The predicted molar refractivity (Wildman–Crippen MR) is 75.5 cm³/mol. The number of hydrogen-bond donors (Lipinski definition) is 0. The van der Waals surface area contributed by atoms with Gasteiger partial charge in [0.1, 0.15) is 11.2 Å². The number of aromatic nitrogens is 1. The van der Waals surface area contributed by atoms with Crippen LogP contribution in [-0.4, -0.2) is 11.2 Å². The Morgan fingerprint density at radius 1 is 1.33 bits per heavy atom. The summed E-state index contributed by atoms with van der Waals surface area (Å²) in [6.45, 7) is 11.0. The van der Waals surface area contributed by atoms with E-state index in [1.807, 2.05) is 24.6 Å². The largest absolute Gasteiger partial charge is 0.493 e. The second kappa shape index (κ2) is 6.43. The first-order chi connectivity index (χ1) is 8.49. The van der Waals surface area contributed by atoms with Crippen molar-refractivity contribution in [2.75, 3.05) is 6.61 Å². The van der Waals surface area contributed by atoms with Crippen LogP contribution >= 0.6 is 0 Å². The SMILES string of the molecule is CCOc1cc(=N/C(C)=C(\C)CC)n(C)cc1C. The van der Waals surface area contributed by atoms with Gasteiger partial charge in [-0.05, 0) is 34.1 Å². The molecule has 0 saturated carbocycles. The fraction of sp³-hybridized carbons (Fsp3) is 0.533. The summed E-state index contributed by atoms with van der Waals surface area (Å²) in [5.74, 6) is 0.913. The number of hydrogen-bond acceptors (Lipinski definition) is 2. The lowest BCUT2D eigenvalue weighted by molar-refractivity contribution is 0.336. The Morgan fingerprint density at radius 2 is 2.00 bits per heavy atom. The molecule has 0 amide bonds. The minimum Gasteiger partial charge on any atom is -0.493 e. The fourth-order valence-electron chi connectivity index (χ4n) is 1.70. The van der Waals surface area contributed by atoms with Gasteiger partial charge in [-0.3, -0.25) is 0 Å². The van der Waals surface area contributed by atoms with Crippen molar-refractivity contribution in [2.24, 2.45) is 12.0 Å². The zero-order chi connectivity index (χ0) is 13.7. The molecular formula is C15H24N2O. The highest BCUT2D eigenvalue weighted by Gasteiger charge is 2.01. The highest BCUT2D eigenvalue weighted by molar-refractivity contribution is 5.29. The van der Waals surface area contributed by atoms with Crippen LogP contribution in [0.4, 0.5) is 0 Å². The molecule has 0 aliphatic carbocycles. The van der Waals surface area contributed by atoms with Gasteiger partial charge in [0.2, 0.25) is 0 Å². The van der Waals surface area contributed by atoms with Crippen molar-refractivity contribution in [3.8, 4) is 5.75 Å². The number of pyridine rings is 1. The van der Waals surface area contributed by atoms with Gasteiger partial charge in [-0.25, -0.2) is 4.99 Å². The Labute approximate surface area is 110 Å². The molecule has 0 unspecified atom stereocenters. The van der Waals surface area contributed by atoms with E-state index < -0.39 is 0 Å². The van der Waals surface area contributed by atoms with Gasteiger partial charge in [-0.15, -0.1) is 0 Å². The Hall–Kier alpha value is -1.51. The average molecular weight is 248 g/mol. The molecule has 0 aliphatic rings. The number of nitrogens with zero attached hydrogens (tertiary/aromatic N) is 2. The van der Waals surface area contributed by atoms with Crippen LogP contribution in [0.1, 0.15) is 39.7 Å². The Morgan fingerprint density at radius 3 is 2.56 bits per heavy atom. The Kier molecular flexibility index (Phi) is 5.20. The normalized spacial score (nSPS) is 13.6. The molecule has 3 heteroatoms. The highest BCUT2D eigenvalue weighted by atomic mass is 16.5. The van der Waals surface area contributed by atoms with Crippen LogP contribution in [0.5, 0.6) is 5.75 Å². The van der Waals surface area contributed by atoms with E-state index in [2.05, 4.69) is 38.9 Å². The summed E-state index contributed by atoms with van der Waals surface area (Å²) in [6.07, 6.45) is 3.08. The monoisotopic (exact) mass is 248 g/mol. The molecule has 0 saturated heterocycles. The summed E-state index contributed by atoms with van der Waals surface area (Å²) in [7, 11) is 2.01. The maximum Gasteiger partial charge on any atom is 0.136 e. The second-order valence-corrected chi connectivity index (χ2v) is 4.55. The lowest BCUT2D eigenvalue weighted by Crippen LogP contribution is -2.18. The molecule has 3 nitrogen and oxygen atoms in total. The lowest BCUT2D eigenvalue weighted by atomic mass is 10.2. The number of aryl methyl sites for hydroxylation is 2. The fourth-order valence-corrected chi connectivity index (χ4v) is 1.70. The van der Waals surface area contributed by atoms with E-state index in [1.54, 1.807) is 0 Å². The smallest absolute Gasteiger partial charge is 0.136 e. The molecule has 0 aromatic carbocycles. The van der Waals surface area contributed by atoms with Crippen LogP contribution in [0.25, 0.3) is 0 Å². The quantitative estimate of drug-likeness (QED) is 0.802. The van der Waals surface area contributed by atoms with Crippen molar-refractivity contribution in [3.05, 3.63) is 34.6 Å². The maximum absolute atomic E-state index is 5.61. The second-order valence-electron chi connectivity index (χ2n) is 4.55. The molecule has 0 atom stereocenters. The Balaban J connectivity index is 3.32. The first-order valence-corrected chi connectivity index (χ1v) is 6.50. The standard InChI is InChI=1S/C15H24N2O/c1-7-11(3)13(5)16-15-9-14(18-8-2)12(4)10-17(15)6/h9-10H,7-8H2,1-6H3/b13-11+,16-15?. The summed E-state index contributed by atoms with van der Waals surface area (Å²) < 4.78 is 7.64. The van der Waals surface area contributed by atoms with E-state index in [1.165, 1.54) is 5.57 Å². The molecule has 0 fully saturated rings. The highest BCUT2D eigenvalue weighted by Crippen LogP contribution is 2.14. The molecule has 1 heterocycles. The van der Waals surface area contributed by atoms with Crippen molar-refractivity contribution in [3.63, 3.8) is 0 Å². The maximum atomic E-state index is 5.61. The van der Waals surface area contributed by atoms with Crippen LogP contribution in [0.2, 0.25) is 0 Å². The van der Waals surface area contributed by atoms with Crippen LogP contribution in [0, 0.1) is 6.92 Å². The molecule has 0 radical (unpaired) electrons. The lowest BCUT2D eigenvalue weighted by Gasteiger charge is -2.10. The van der Waals surface area contributed by atoms with E-state index >= 15 is 0 Å². The predicted octanol–water partition coefficient (Wildman–Crippen LogP) is 3.34. The number of rotatable bonds is 4. The van der Waals surface area contributed by atoms with Gasteiger partial charge in [0, 0.05) is 30.6 Å². The van der Waals surface area contributed by atoms with Gasteiger partial charge in [0.25, 0.3) is 0 Å². The summed E-state index contributed by atoms with van der Waals surface area (Å²) in [6, 6.07) is 2.01.